The zero-order chi connectivity index (χ0) is 10.8. The molecule has 0 aliphatic carbocycles. The predicted molar refractivity (Wildman–Crippen MR) is 47.7 cm³/mol. The van der Waals surface area contributed by atoms with Crippen LogP contribution in [0, 0.1) is 0 Å². The van der Waals surface area contributed by atoms with Gasteiger partial charge < -0.3 is 18.1 Å². The Kier molecular flexibility index (Phi) is 6.62. The number of halogens is 3. The van der Waals surface area contributed by atoms with Crippen molar-refractivity contribution in [2.45, 2.75) is 19.3 Å². The summed E-state index contributed by atoms with van der Waals surface area (Å²) in [4.78, 5) is 3.61. The van der Waals surface area contributed by atoms with Crippen molar-refractivity contribution in [1.82, 2.24) is 4.98 Å². The molecule has 78 valence electrons. The van der Waals surface area contributed by atoms with E-state index in [0.29, 0.717) is 5.56 Å². The normalized spacial score (nSPS) is 13.1. The summed E-state index contributed by atoms with van der Waals surface area (Å²) in [6.07, 6.45) is 0.631. The molecule has 1 heterocycles. The van der Waals surface area contributed by atoms with Crippen molar-refractivity contribution in [3.8, 4) is 0 Å². The van der Waals surface area contributed by atoms with E-state index in [1.54, 1.807) is 0 Å². The van der Waals surface area contributed by atoms with Crippen LogP contribution in [0.3, 0.4) is 0 Å². The Morgan fingerprint density at radius 1 is 1.47 bits per heavy atom. The number of aromatic nitrogens is 1. The van der Waals surface area contributed by atoms with Gasteiger partial charge in [-0.05, 0) is 18.6 Å². The maximum absolute atomic E-state index is 12.1. The summed E-state index contributed by atoms with van der Waals surface area (Å²) in [5.41, 5.74) is 0.342. The first kappa shape index (κ1) is 15.6. The largest absolute Gasteiger partial charge is 1.00 e. The average molecular weight is 243 g/mol. The predicted octanol–water partition coefficient (Wildman–Crippen LogP) is -0.932. The van der Waals surface area contributed by atoms with Crippen LogP contribution in [-0.2, 0) is 6.32 Å². The maximum atomic E-state index is 12.1. The summed E-state index contributed by atoms with van der Waals surface area (Å²) in [6, 6.07) is 1.40. The van der Waals surface area contributed by atoms with Gasteiger partial charge in [0.25, 0.3) is 0 Å². The molecule has 1 unspecified atom stereocenters. The molecule has 0 aromatic carbocycles. The van der Waals surface area contributed by atoms with Gasteiger partial charge in [0.2, 0.25) is 0 Å². The standard InChI is InChI=1S/C8H10BF3NO.K/c1-6(14)8-2-3-13-5-7(8)4-9(10,11)12;/h2-3,5-6,14H,4H2,1H3;/q-1;+1. The van der Waals surface area contributed by atoms with Crippen molar-refractivity contribution in [3.63, 3.8) is 0 Å². The summed E-state index contributed by atoms with van der Waals surface area (Å²) < 4.78 is 36.4. The topological polar surface area (TPSA) is 33.1 Å². The van der Waals surface area contributed by atoms with Crippen LogP contribution in [0.2, 0.25) is 0 Å². The molecule has 0 radical (unpaired) electrons. The Balaban J connectivity index is 0.00000196. The fourth-order valence-corrected chi connectivity index (χ4v) is 1.27. The van der Waals surface area contributed by atoms with Crippen LogP contribution < -0.4 is 51.4 Å². The van der Waals surface area contributed by atoms with Gasteiger partial charge in [0, 0.05) is 12.4 Å². The third-order valence-electron chi connectivity index (χ3n) is 1.84. The summed E-state index contributed by atoms with van der Waals surface area (Å²) in [6.45, 7) is -3.45. The van der Waals surface area contributed by atoms with Crippen LogP contribution in [0.4, 0.5) is 12.9 Å². The van der Waals surface area contributed by atoms with Gasteiger partial charge in [0.15, 0.2) is 0 Å². The first-order valence-corrected chi connectivity index (χ1v) is 4.22. The third-order valence-corrected chi connectivity index (χ3v) is 1.84. The number of pyridine rings is 1. The smallest absolute Gasteiger partial charge is 0.449 e. The molecular formula is C8H10BF3KNO. The molecule has 7 heteroatoms. The quantitative estimate of drug-likeness (QED) is 0.696. The summed E-state index contributed by atoms with van der Waals surface area (Å²) in [5, 5.41) is 9.21. The molecule has 0 amide bonds. The third kappa shape index (κ3) is 5.46. The number of hydrogen-bond donors (Lipinski definition) is 1. The zero-order valence-electron chi connectivity index (χ0n) is 8.62. The van der Waals surface area contributed by atoms with Crippen LogP contribution in [0.1, 0.15) is 24.2 Å². The van der Waals surface area contributed by atoms with Crippen molar-refractivity contribution in [1.29, 1.82) is 0 Å². The van der Waals surface area contributed by atoms with Gasteiger partial charge in [0.05, 0.1) is 6.10 Å². The van der Waals surface area contributed by atoms with Crippen LogP contribution in [0.5, 0.6) is 0 Å². The number of hydrogen-bond acceptors (Lipinski definition) is 2. The molecule has 15 heavy (non-hydrogen) atoms. The van der Waals surface area contributed by atoms with Crippen LogP contribution in [-0.4, -0.2) is 17.1 Å². The van der Waals surface area contributed by atoms with Gasteiger partial charge in [-0.2, -0.15) is 0 Å². The Morgan fingerprint density at radius 3 is 2.53 bits per heavy atom. The minimum absolute atomic E-state index is 0. The SMILES string of the molecule is CC(O)c1ccncc1C[B-](F)(F)F.[K+]. The summed E-state index contributed by atoms with van der Waals surface area (Å²) in [7, 11) is 0. The van der Waals surface area contributed by atoms with Gasteiger partial charge in [-0.15, -0.1) is 0 Å². The van der Waals surface area contributed by atoms with Crippen molar-refractivity contribution in [3.05, 3.63) is 29.6 Å². The number of aliphatic hydroxyl groups is 1. The van der Waals surface area contributed by atoms with E-state index in [0.717, 1.165) is 6.20 Å². The Labute approximate surface area is 129 Å². The van der Waals surface area contributed by atoms with Crippen molar-refractivity contribution < 1.29 is 69.4 Å². The molecule has 1 N–H and O–H groups in total. The van der Waals surface area contributed by atoms with E-state index in [4.69, 9.17) is 0 Å². The second-order valence-corrected chi connectivity index (χ2v) is 3.16. The average Bonchev–Trinajstić information content (AvgIpc) is 2.01. The van der Waals surface area contributed by atoms with E-state index >= 15 is 0 Å². The Morgan fingerprint density at radius 2 is 2.07 bits per heavy atom. The molecule has 0 saturated carbocycles. The molecule has 0 spiro atoms. The fraction of sp³-hybridized carbons (Fsp3) is 0.375. The van der Waals surface area contributed by atoms with Crippen molar-refractivity contribution >= 4 is 6.98 Å². The van der Waals surface area contributed by atoms with Gasteiger partial charge in [-0.3, -0.25) is 4.98 Å². The molecule has 0 bridgehead atoms. The monoisotopic (exact) mass is 243 g/mol. The molecule has 1 rings (SSSR count). The number of rotatable bonds is 3. The molecule has 0 fully saturated rings. The first-order chi connectivity index (χ1) is 6.40. The van der Waals surface area contributed by atoms with Crippen LogP contribution in [0.25, 0.3) is 0 Å². The van der Waals surface area contributed by atoms with Crippen LogP contribution in [0.15, 0.2) is 18.5 Å². The number of nitrogens with zero attached hydrogens (tertiary/aromatic N) is 1. The first-order valence-electron chi connectivity index (χ1n) is 4.22. The molecule has 0 aliphatic rings. The molecule has 0 aliphatic heterocycles. The van der Waals surface area contributed by atoms with Gasteiger partial charge in [0.1, 0.15) is 0 Å². The van der Waals surface area contributed by atoms with E-state index in [-0.39, 0.29) is 56.9 Å². The second kappa shape index (κ2) is 6.36. The van der Waals surface area contributed by atoms with Crippen LogP contribution >= 0.6 is 0 Å². The van der Waals surface area contributed by atoms with E-state index < -0.39 is 19.4 Å². The van der Waals surface area contributed by atoms with Crippen molar-refractivity contribution in [2.24, 2.45) is 0 Å². The molecule has 1 atom stereocenters. The summed E-state index contributed by atoms with van der Waals surface area (Å²) in [5.74, 6) is 0. The van der Waals surface area contributed by atoms with Crippen molar-refractivity contribution in [2.75, 3.05) is 0 Å². The second-order valence-electron chi connectivity index (χ2n) is 3.16. The molecule has 1 aromatic rings. The van der Waals surface area contributed by atoms with E-state index in [1.165, 1.54) is 19.2 Å². The molecule has 1 aromatic heterocycles. The Bertz CT molecular complexity index is 319. The molecular weight excluding hydrogens is 233 g/mol. The zero-order valence-corrected chi connectivity index (χ0v) is 11.7. The number of aliphatic hydroxyl groups excluding tert-OH is 1. The van der Waals surface area contributed by atoms with E-state index in [2.05, 4.69) is 4.98 Å². The van der Waals surface area contributed by atoms with Gasteiger partial charge in [-0.25, -0.2) is 0 Å². The Hall–Kier alpha value is 0.601. The minimum atomic E-state index is -4.88. The maximum Gasteiger partial charge on any atom is 1.00 e. The van der Waals surface area contributed by atoms with Gasteiger partial charge >= 0.3 is 58.4 Å². The molecule has 2 nitrogen and oxygen atoms in total. The fourth-order valence-electron chi connectivity index (χ4n) is 1.27. The van der Waals surface area contributed by atoms with Gasteiger partial charge in [-0.1, -0.05) is 11.9 Å². The molecule has 0 saturated heterocycles. The minimum Gasteiger partial charge on any atom is -0.449 e. The van der Waals surface area contributed by atoms with E-state index in [1.807, 2.05) is 0 Å². The van der Waals surface area contributed by atoms with E-state index in [9.17, 15) is 18.1 Å². The summed E-state index contributed by atoms with van der Waals surface area (Å²) >= 11 is 0.